The van der Waals surface area contributed by atoms with Crippen LogP contribution in [0.1, 0.15) is 25.7 Å². The molecule has 0 N–H and O–H groups in total. The molecule has 0 bridgehead atoms. The van der Waals surface area contributed by atoms with E-state index in [2.05, 4.69) is 67.7 Å². The van der Waals surface area contributed by atoms with Gasteiger partial charge in [-0.25, -0.2) is 0 Å². The smallest absolute Gasteiger partial charge is 0.238 e. The molecular weight excluding hydrogens is 276 g/mol. The Morgan fingerprint density at radius 1 is 0.850 bits per heavy atom. The molecule has 0 aromatic heterocycles. The Morgan fingerprint density at radius 2 is 1.40 bits per heavy atom. The molecule has 1 rings (SSSR count). The third-order valence-corrected chi connectivity index (χ3v) is 10.3. The minimum absolute atomic E-state index is 1.33. The molecule has 1 aromatic rings. The zero-order valence-corrected chi connectivity index (χ0v) is 17.0. The van der Waals surface area contributed by atoms with Crippen molar-refractivity contribution in [3.05, 3.63) is 30.3 Å². The van der Waals surface area contributed by atoms with Crippen molar-refractivity contribution in [3.8, 4) is 0 Å². The fraction of sp³-hybridized carbons (Fsp3) is 0.625. The van der Waals surface area contributed by atoms with Crippen molar-refractivity contribution in [2.45, 2.75) is 37.8 Å². The lowest BCUT2D eigenvalue weighted by molar-refractivity contribution is 0.485. The van der Waals surface area contributed by atoms with Gasteiger partial charge in [-0.1, -0.05) is 62.1 Å². The van der Waals surface area contributed by atoms with Crippen LogP contribution in [-0.4, -0.2) is 56.0 Å². The first-order valence-corrected chi connectivity index (χ1v) is 11.5. The fourth-order valence-corrected chi connectivity index (χ4v) is 8.17. The van der Waals surface area contributed by atoms with E-state index in [0.717, 1.165) is 0 Å². The maximum Gasteiger partial charge on any atom is 0.238 e. The van der Waals surface area contributed by atoms with Crippen LogP contribution >= 0.6 is 0 Å². The van der Waals surface area contributed by atoms with Crippen molar-refractivity contribution in [1.29, 1.82) is 0 Å². The average Bonchev–Trinajstić information content (AvgIpc) is 2.43. The summed E-state index contributed by atoms with van der Waals surface area (Å²) < 4.78 is 5.02. The van der Waals surface area contributed by atoms with Gasteiger partial charge in [0.15, 0.2) is 0 Å². The Labute approximate surface area is 129 Å². The molecule has 0 amide bonds. The number of benzene rings is 1. The third kappa shape index (κ3) is 4.28. The highest BCUT2D eigenvalue weighted by molar-refractivity contribution is 6.87. The monoisotopic (exact) mass is 308 g/mol. The number of hydrogen-bond donors (Lipinski definition) is 0. The van der Waals surface area contributed by atoms with Crippen molar-refractivity contribution < 1.29 is 0 Å². The van der Waals surface area contributed by atoms with E-state index in [1.807, 2.05) is 0 Å². The van der Waals surface area contributed by atoms with Gasteiger partial charge >= 0.3 is 0 Å². The van der Waals surface area contributed by atoms with Gasteiger partial charge in [0, 0.05) is 10.2 Å². The average molecular weight is 309 g/mol. The normalized spacial score (nSPS) is 12.5. The Bertz CT molecular complexity index is 358. The van der Waals surface area contributed by atoms with Crippen LogP contribution in [0.15, 0.2) is 30.3 Å². The first kappa shape index (κ1) is 17.6. The Hall–Kier alpha value is -0.426. The Kier molecular flexibility index (Phi) is 7.73. The van der Waals surface area contributed by atoms with Crippen LogP contribution in [-0.2, 0) is 0 Å². The van der Waals surface area contributed by atoms with Crippen LogP contribution < -0.4 is 5.19 Å². The molecule has 0 radical (unpaired) electrons. The van der Waals surface area contributed by atoms with Gasteiger partial charge in [-0.2, -0.15) is 0 Å². The van der Waals surface area contributed by atoms with Crippen molar-refractivity contribution >= 4 is 23.8 Å². The van der Waals surface area contributed by atoms with Crippen LogP contribution in [0.5, 0.6) is 0 Å². The fourth-order valence-electron chi connectivity index (χ4n) is 3.19. The summed E-state index contributed by atoms with van der Waals surface area (Å²) in [6.45, 7) is 0. The van der Waals surface area contributed by atoms with E-state index >= 15 is 0 Å². The minimum atomic E-state index is -1.71. The summed E-state index contributed by atoms with van der Waals surface area (Å²) in [5.74, 6) is 0. The van der Waals surface area contributed by atoms with E-state index in [-0.39, 0.29) is 0 Å². The molecule has 0 atom stereocenters. The molecule has 4 heteroatoms. The lowest BCUT2D eigenvalue weighted by atomic mass is 10.2. The second kappa shape index (κ2) is 8.77. The molecule has 0 spiro atoms. The Morgan fingerprint density at radius 3 is 1.90 bits per heavy atom. The van der Waals surface area contributed by atoms with Crippen molar-refractivity contribution in [3.63, 3.8) is 0 Å². The number of unbranched alkanes of at least 4 members (excludes halogenated alkanes) is 3. The van der Waals surface area contributed by atoms with Gasteiger partial charge in [0.05, 0.1) is 0 Å². The van der Waals surface area contributed by atoms with Crippen LogP contribution in [0.2, 0.25) is 12.1 Å². The van der Waals surface area contributed by atoms with E-state index in [1.54, 1.807) is 0 Å². The largest absolute Gasteiger partial charge is 0.314 e. The van der Waals surface area contributed by atoms with Crippen LogP contribution in [0.25, 0.3) is 0 Å². The van der Waals surface area contributed by atoms with E-state index in [0.29, 0.717) is 0 Å². The lowest BCUT2D eigenvalue weighted by Gasteiger charge is -2.43. The van der Waals surface area contributed by atoms with Crippen molar-refractivity contribution in [2.75, 3.05) is 28.2 Å². The van der Waals surface area contributed by atoms with E-state index < -0.39 is 8.40 Å². The summed E-state index contributed by atoms with van der Waals surface area (Å²) in [7, 11) is 8.70. The first-order valence-electron chi connectivity index (χ1n) is 7.96. The van der Waals surface area contributed by atoms with E-state index in [4.69, 9.17) is 0 Å². The minimum Gasteiger partial charge on any atom is -0.314 e. The predicted molar refractivity (Wildman–Crippen MR) is 97.2 cm³/mol. The van der Waals surface area contributed by atoms with Crippen molar-refractivity contribution in [1.82, 2.24) is 9.13 Å². The molecule has 2 nitrogen and oxygen atoms in total. The summed E-state index contributed by atoms with van der Waals surface area (Å²) >= 11 is 0. The summed E-state index contributed by atoms with van der Waals surface area (Å²) in [6.07, 6.45) is 5.62. The van der Waals surface area contributed by atoms with Crippen LogP contribution in [0.3, 0.4) is 0 Å². The maximum absolute atomic E-state index is 2.51. The van der Waals surface area contributed by atoms with Gasteiger partial charge < -0.3 is 9.13 Å². The summed E-state index contributed by atoms with van der Waals surface area (Å²) in [4.78, 5) is 0. The molecule has 0 saturated heterocycles. The van der Waals surface area contributed by atoms with Crippen LogP contribution in [0.4, 0.5) is 0 Å². The highest BCUT2D eigenvalue weighted by Crippen LogP contribution is 2.20. The molecule has 114 valence electrons. The van der Waals surface area contributed by atoms with Gasteiger partial charge in [-0.15, -0.1) is 0 Å². The summed E-state index contributed by atoms with van der Waals surface area (Å²) in [6, 6.07) is 13.9. The first-order chi connectivity index (χ1) is 9.55. The third-order valence-electron chi connectivity index (χ3n) is 4.34. The maximum atomic E-state index is 2.51. The van der Waals surface area contributed by atoms with E-state index in [1.165, 1.54) is 53.2 Å². The number of hydrogen-bond acceptors (Lipinski definition) is 2. The Balaban J connectivity index is 2.84. The quantitative estimate of drug-likeness (QED) is 0.507. The van der Waals surface area contributed by atoms with Crippen LogP contribution in [0, 0.1) is 0 Å². The molecule has 0 fully saturated rings. The molecular formula is C16H32N2Si2. The topological polar surface area (TPSA) is 6.48 Å². The highest BCUT2D eigenvalue weighted by Gasteiger charge is 2.40. The molecule has 0 aliphatic rings. The zero-order valence-electron chi connectivity index (χ0n) is 14.0. The molecule has 0 saturated carbocycles. The summed E-state index contributed by atoms with van der Waals surface area (Å²) in [5, 5.41) is 1.54. The molecule has 20 heavy (non-hydrogen) atoms. The van der Waals surface area contributed by atoms with Gasteiger partial charge in [0.25, 0.3) is 0 Å². The van der Waals surface area contributed by atoms with Gasteiger partial charge in [0.2, 0.25) is 8.40 Å². The molecule has 0 unspecified atom stereocenters. The van der Waals surface area contributed by atoms with Gasteiger partial charge in [0.1, 0.15) is 0 Å². The number of nitrogens with zero attached hydrogens (tertiary/aromatic N) is 2. The SMILES string of the molecule is CN(C)[Si](CCCCCC[SiH3])(c1ccccc1)N(C)C. The molecule has 0 aliphatic heterocycles. The predicted octanol–water partition coefficient (Wildman–Crippen LogP) is 1.80. The standard InChI is InChI=1S/C16H32N2Si2/c1-17(2)20(18(3)4,15-11-6-5-10-14-19)16-12-8-7-9-13-16/h7-9,12-13H,5-6,10-11,14-15H2,1-4,19H3. The highest BCUT2D eigenvalue weighted by atomic mass is 28.3. The molecule has 1 aromatic carbocycles. The van der Waals surface area contributed by atoms with Gasteiger partial charge in [-0.3, -0.25) is 0 Å². The lowest BCUT2D eigenvalue weighted by Crippen LogP contribution is -2.68. The second-order valence-corrected chi connectivity index (χ2v) is 11.6. The van der Waals surface area contributed by atoms with E-state index in [9.17, 15) is 0 Å². The zero-order chi connectivity index (χ0) is 15.0. The second-order valence-electron chi connectivity index (χ2n) is 6.14. The summed E-state index contributed by atoms with van der Waals surface area (Å²) in [5.41, 5.74) is 0. The van der Waals surface area contributed by atoms with Crippen molar-refractivity contribution in [2.24, 2.45) is 0 Å². The van der Waals surface area contributed by atoms with Gasteiger partial charge in [-0.05, 0) is 39.4 Å². The number of rotatable bonds is 9. The molecule has 0 aliphatic carbocycles. The molecule has 0 heterocycles.